The molecule has 6 heteroatoms. The molecular weight excluding hydrogens is 342 g/mol. The Morgan fingerprint density at radius 1 is 1.12 bits per heavy atom. The van der Waals surface area contributed by atoms with Crippen molar-refractivity contribution in [2.45, 2.75) is 0 Å². The van der Waals surface area contributed by atoms with Crippen LogP contribution in [0.4, 0.5) is 5.13 Å². The summed E-state index contributed by atoms with van der Waals surface area (Å²) < 4.78 is 0.980. The molecular formula is C18H18ClN3OS. The first-order valence-corrected chi connectivity index (χ1v) is 8.82. The topological polar surface area (TPSA) is 36.4 Å². The largest absolute Gasteiger partial charge is 0.308 e. The number of aromatic nitrogens is 1. The summed E-state index contributed by atoms with van der Waals surface area (Å²) in [5.74, 6) is -0.0393. The number of hydrogen-bond acceptors (Lipinski definition) is 4. The second-order valence-corrected chi connectivity index (χ2v) is 7.18. The Hall–Kier alpha value is -1.95. The van der Waals surface area contributed by atoms with E-state index in [-0.39, 0.29) is 5.91 Å². The van der Waals surface area contributed by atoms with Crippen molar-refractivity contribution in [3.8, 4) is 0 Å². The Balaban J connectivity index is 1.97. The smallest absolute Gasteiger partial charge is 0.260 e. The van der Waals surface area contributed by atoms with E-state index in [1.807, 2.05) is 62.6 Å². The number of thiazole rings is 1. The summed E-state index contributed by atoms with van der Waals surface area (Å²) in [5, 5.41) is 1.37. The van der Waals surface area contributed by atoms with E-state index in [9.17, 15) is 4.79 Å². The standard InChI is InChI=1S/C18H18ClN3OS/c1-21(2)10-11-22(17(23)13-6-4-3-5-7-13)18-20-15-9-8-14(19)12-16(15)24-18/h3-9,12H,10-11H2,1-2H3. The van der Waals surface area contributed by atoms with Crippen molar-refractivity contribution in [2.75, 3.05) is 32.1 Å². The molecule has 4 nitrogen and oxygen atoms in total. The highest BCUT2D eigenvalue weighted by Crippen LogP contribution is 2.31. The zero-order valence-electron chi connectivity index (χ0n) is 13.6. The molecule has 0 unspecified atom stereocenters. The molecule has 0 aliphatic rings. The lowest BCUT2D eigenvalue weighted by molar-refractivity contribution is 0.0985. The van der Waals surface area contributed by atoms with Crippen molar-refractivity contribution in [3.63, 3.8) is 0 Å². The van der Waals surface area contributed by atoms with Gasteiger partial charge in [0, 0.05) is 23.7 Å². The monoisotopic (exact) mass is 359 g/mol. The Bertz CT molecular complexity index is 848. The summed E-state index contributed by atoms with van der Waals surface area (Å²) in [5.41, 5.74) is 1.52. The van der Waals surface area contributed by atoms with E-state index in [1.165, 1.54) is 11.3 Å². The van der Waals surface area contributed by atoms with Gasteiger partial charge in [-0.05, 0) is 44.4 Å². The fourth-order valence-electron chi connectivity index (χ4n) is 2.32. The molecule has 1 amide bonds. The van der Waals surface area contributed by atoms with Crippen LogP contribution in [0.15, 0.2) is 48.5 Å². The molecule has 0 atom stereocenters. The second kappa shape index (κ2) is 7.30. The molecule has 0 saturated heterocycles. The minimum atomic E-state index is -0.0393. The Morgan fingerprint density at radius 2 is 1.88 bits per heavy atom. The third-order valence-electron chi connectivity index (χ3n) is 3.61. The molecule has 3 rings (SSSR count). The normalized spacial score (nSPS) is 11.2. The van der Waals surface area contributed by atoms with Gasteiger partial charge in [0.2, 0.25) is 0 Å². The number of anilines is 1. The van der Waals surface area contributed by atoms with Gasteiger partial charge in [0.05, 0.1) is 10.2 Å². The molecule has 124 valence electrons. The minimum absolute atomic E-state index is 0.0393. The predicted octanol–water partition coefficient (Wildman–Crippen LogP) is 4.16. The molecule has 2 aromatic carbocycles. The summed E-state index contributed by atoms with van der Waals surface area (Å²) in [6.45, 7) is 1.34. The molecule has 0 radical (unpaired) electrons. The average Bonchev–Trinajstić information content (AvgIpc) is 2.98. The van der Waals surface area contributed by atoms with Crippen LogP contribution in [0.1, 0.15) is 10.4 Å². The van der Waals surface area contributed by atoms with Gasteiger partial charge in [0.25, 0.3) is 5.91 Å². The molecule has 0 fully saturated rings. The molecule has 0 spiro atoms. The first-order valence-electron chi connectivity index (χ1n) is 7.62. The highest BCUT2D eigenvalue weighted by Gasteiger charge is 2.21. The number of halogens is 1. The number of carbonyl (C=O) groups excluding carboxylic acids is 1. The average molecular weight is 360 g/mol. The van der Waals surface area contributed by atoms with Crippen LogP contribution >= 0.6 is 22.9 Å². The van der Waals surface area contributed by atoms with E-state index in [0.29, 0.717) is 22.3 Å². The van der Waals surface area contributed by atoms with Gasteiger partial charge in [0.15, 0.2) is 5.13 Å². The van der Waals surface area contributed by atoms with Crippen LogP contribution in [0.5, 0.6) is 0 Å². The summed E-state index contributed by atoms with van der Waals surface area (Å²) in [4.78, 5) is 21.4. The highest BCUT2D eigenvalue weighted by atomic mass is 35.5. The maximum atomic E-state index is 12.9. The Kier molecular flexibility index (Phi) is 5.14. The lowest BCUT2D eigenvalue weighted by Gasteiger charge is -2.22. The maximum Gasteiger partial charge on any atom is 0.260 e. The van der Waals surface area contributed by atoms with Crippen LogP contribution in [0.25, 0.3) is 10.2 Å². The SMILES string of the molecule is CN(C)CCN(C(=O)c1ccccc1)c1nc2ccc(Cl)cc2s1. The number of hydrogen-bond donors (Lipinski definition) is 0. The van der Waals surface area contributed by atoms with Gasteiger partial charge >= 0.3 is 0 Å². The molecule has 24 heavy (non-hydrogen) atoms. The van der Waals surface area contributed by atoms with Crippen LogP contribution in [0, 0.1) is 0 Å². The van der Waals surface area contributed by atoms with Gasteiger partial charge < -0.3 is 4.90 Å². The van der Waals surface area contributed by atoms with Crippen LogP contribution < -0.4 is 4.90 Å². The quantitative estimate of drug-likeness (QED) is 0.686. The minimum Gasteiger partial charge on any atom is -0.308 e. The summed E-state index contributed by atoms with van der Waals surface area (Å²) in [7, 11) is 3.98. The van der Waals surface area contributed by atoms with E-state index in [1.54, 1.807) is 4.90 Å². The maximum absolute atomic E-state index is 12.9. The van der Waals surface area contributed by atoms with E-state index in [0.717, 1.165) is 16.8 Å². The second-order valence-electron chi connectivity index (χ2n) is 5.73. The van der Waals surface area contributed by atoms with Crippen molar-refractivity contribution in [2.24, 2.45) is 0 Å². The van der Waals surface area contributed by atoms with Crippen molar-refractivity contribution in [3.05, 3.63) is 59.1 Å². The van der Waals surface area contributed by atoms with Crippen LogP contribution in [0.3, 0.4) is 0 Å². The summed E-state index contributed by atoms with van der Waals surface area (Å²) in [6.07, 6.45) is 0. The van der Waals surface area contributed by atoms with E-state index < -0.39 is 0 Å². The van der Waals surface area contributed by atoms with Crippen molar-refractivity contribution in [1.82, 2.24) is 9.88 Å². The van der Waals surface area contributed by atoms with Gasteiger partial charge in [-0.2, -0.15) is 0 Å². The first kappa shape index (κ1) is 16.9. The molecule has 0 saturated carbocycles. The van der Waals surface area contributed by atoms with E-state index in [2.05, 4.69) is 9.88 Å². The molecule has 0 N–H and O–H groups in total. The lowest BCUT2D eigenvalue weighted by Crippen LogP contribution is -2.36. The van der Waals surface area contributed by atoms with Gasteiger partial charge in [0.1, 0.15) is 0 Å². The summed E-state index contributed by atoms with van der Waals surface area (Å²) >= 11 is 7.55. The lowest BCUT2D eigenvalue weighted by atomic mass is 10.2. The first-order chi connectivity index (χ1) is 11.5. The Morgan fingerprint density at radius 3 is 2.58 bits per heavy atom. The zero-order chi connectivity index (χ0) is 17.1. The predicted molar refractivity (Wildman–Crippen MR) is 101 cm³/mol. The van der Waals surface area contributed by atoms with Crippen molar-refractivity contribution in [1.29, 1.82) is 0 Å². The number of nitrogens with zero attached hydrogens (tertiary/aromatic N) is 3. The fourth-order valence-corrected chi connectivity index (χ4v) is 3.59. The molecule has 0 bridgehead atoms. The number of benzene rings is 2. The van der Waals surface area contributed by atoms with Gasteiger partial charge in [-0.1, -0.05) is 41.1 Å². The number of carbonyl (C=O) groups is 1. The van der Waals surface area contributed by atoms with Gasteiger partial charge in [-0.15, -0.1) is 0 Å². The molecule has 0 aliphatic heterocycles. The van der Waals surface area contributed by atoms with E-state index in [4.69, 9.17) is 11.6 Å². The number of amides is 1. The molecule has 0 aliphatic carbocycles. The number of likely N-dealkylation sites (N-methyl/N-ethyl adjacent to an activating group) is 1. The summed E-state index contributed by atoms with van der Waals surface area (Å²) in [6, 6.07) is 14.9. The third kappa shape index (κ3) is 3.75. The van der Waals surface area contributed by atoms with Crippen molar-refractivity contribution >= 4 is 44.2 Å². The number of fused-ring (bicyclic) bond motifs is 1. The van der Waals surface area contributed by atoms with E-state index >= 15 is 0 Å². The van der Waals surface area contributed by atoms with Crippen LogP contribution in [-0.4, -0.2) is 43.0 Å². The van der Waals surface area contributed by atoms with Crippen LogP contribution in [0.2, 0.25) is 5.02 Å². The molecule has 3 aromatic rings. The van der Waals surface area contributed by atoms with Crippen LogP contribution in [-0.2, 0) is 0 Å². The molecule has 1 heterocycles. The fraction of sp³-hybridized carbons (Fsp3) is 0.222. The zero-order valence-corrected chi connectivity index (χ0v) is 15.1. The highest BCUT2D eigenvalue weighted by molar-refractivity contribution is 7.22. The number of rotatable bonds is 5. The Labute approximate surface area is 150 Å². The molecule has 1 aromatic heterocycles. The van der Waals surface area contributed by atoms with Gasteiger partial charge in [-0.25, -0.2) is 4.98 Å². The van der Waals surface area contributed by atoms with Gasteiger partial charge in [-0.3, -0.25) is 9.69 Å². The third-order valence-corrected chi connectivity index (χ3v) is 4.88. The van der Waals surface area contributed by atoms with Crippen molar-refractivity contribution < 1.29 is 4.79 Å².